The first-order valence-electron chi connectivity index (χ1n) is 5.30. The number of aryl methyl sites for hydroxylation is 1. The molecular formula is C11H14ClFN2S. The van der Waals surface area contributed by atoms with Gasteiger partial charge in [-0.15, -0.1) is 0 Å². The van der Waals surface area contributed by atoms with Crippen LogP contribution in [0.25, 0.3) is 0 Å². The molecule has 2 rings (SSSR count). The summed E-state index contributed by atoms with van der Waals surface area (Å²) in [4.78, 5) is 0. The summed E-state index contributed by atoms with van der Waals surface area (Å²) in [5.41, 5.74) is 1.03. The molecule has 0 saturated carbocycles. The number of halogens is 2. The molecule has 0 aliphatic carbocycles. The maximum absolute atomic E-state index is 13.7. The Morgan fingerprint density at radius 3 is 2.75 bits per heavy atom. The molecule has 0 unspecified atom stereocenters. The van der Waals surface area contributed by atoms with E-state index in [0.29, 0.717) is 16.3 Å². The number of hydrogen-bond donors (Lipinski definition) is 1. The SMILES string of the molecule is Cc1cc(Cl)cc(NSN2CCCC2)c1F. The monoisotopic (exact) mass is 260 g/mol. The third-order valence-corrected chi connectivity index (χ3v) is 3.72. The lowest BCUT2D eigenvalue weighted by atomic mass is 10.2. The van der Waals surface area contributed by atoms with Crippen LogP contribution in [0.2, 0.25) is 5.02 Å². The van der Waals surface area contributed by atoms with Crippen molar-refractivity contribution in [2.24, 2.45) is 0 Å². The predicted octanol–water partition coefficient (Wildman–Crippen LogP) is 3.86. The van der Waals surface area contributed by atoms with E-state index in [1.807, 2.05) is 0 Å². The molecule has 0 spiro atoms. The summed E-state index contributed by atoms with van der Waals surface area (Å²) in [7, 11) is 0. The summed E-state index contributed by atoms with van der Waals surface area (Å²) in [6.45, 7) is 3.82. The van der Waals surface area contributed by atoms with Gasteiger partial charge in [-0.1, -0.05) is 11.6 Å². The highest BCUT2D eigenvalue weighted by Crippen LogP contribution is 2.27. The fraction of sp³-hybridized carbons (Fsp3) is 0.455. The van der Waals surface area contributed by atoms with Gasteiger partial charge in [0.2, 0.25) is 0 Å². The molecule has 1 aliphatic heterocycles. The minimum absolute atomic E-state index is 0.226. The molecule has 1 fully saturated rings. The predicted molar refractivity (Wildman–Crippen MR) is 68.2 cm³/mol. The van der Waals surface area contributed by atoms with E-state index in [1.54, 1.807) is 19.1 Å². The van der Waals surface area contributed by atoms with E-state index in [-0.39, 0.29) is 5.82 Å². The Bertz CT molecular complexity index is 380. The van der Waals surface area contributed by atoms with Crippen molar-refractivity contribution in [1.82, 2.24) is 4.31 Å². The molecule has 16 heavy (non-hydrogen) atoms. The van der Waals surface area contributed by atoms with Gasteiger partial charge in [-0.25, -0.2) is 8.70 Å². The molecule has 0 radical (unpaired) electrons. The van der Waals surface area contributed by atoms with Gasteiger partial charge < -0.3 is 4.72 Å². The Kier molecular flexibility index (Phi) is 3.95. The molecule has 0 aromatic heterocycles. The van der Waals surface area contributed by atoms with Crippen LogP contribution in [0.3, 0.4) is 0 Å². The Hall–Kier alpha value is -0.450. The summed E-state index contributed by atoms with van der Waals surface area (Å²) in [5, 5.41) is 0.559. The third-order valence-electron chi connectivity index (χ3n) is 2.57. The van der Waals surface area contributed by atoms with Crippen molar-refractivity contribution in [3.63, 3.8) is 0 Å². The van der Waals surface area contributed by atoms with Crippen LogP contribution in [0.4, 0.5) is 10.1 Å². The Morgan fingerprint density at radius 1 is 1.38 bits per heavy atom. The lowest BCUT2D eigenvalue weighted by Gasteiger charge is -2.15. The van der Waals surface area contributed by atoms with E-state index >= 15 is 0 Å². The molecule has 1 aromatic rings. The Morgan fingerprint density at radius 2 is 2.06 bits per heavy atom. The fourth-order valence-corrected chi connectivity index (χ4v) is 2.78. The summed E-state index contributed by atoms with van der Waals surface area (Å²) in [5.74, 6) is -0.226. The zero-order valence-corrected chi connectivity index (χ0v) is 10.7. The lowest BCUT2D eigenvalue weighted by Crippen LogP contribution is -2.12. The number of hydrogen-bond acceptors (Lipinski definition) is 3. The minimum atomic E-state index is -0.226. The van der Waals surface area contributed by atoms with Crippen molar-refractivity contribution in [2.75, 3.05) is 17.8 Å². The van der Waals surface area contributed by atoms with Crippen molar-refractivity contribution >= 4 is 29.4 Å². The summed E-state index contributed by atoms with van der Waals surface area (Å²) in [6.07, 6.45) is 2.43. The zero-order chi connectivity index (χ0) is 11.5. The van der Waals surface area contributed by atoms with Crippen molar-refractivity contribution in [2.45, 2.75) is 19.8 Å². The zero-order valence-electron chi connectivity index (χ0n) is 9.09. The second-order valence-corrected chi connectivity index (χ2v) is 5.25. The van der Waals surface area contributed by atoms with Gasteiger partial charge in [-0.3, -0.25) is 0 Å². The van der Waals surface area contributed by atoms with E-state index in [4.69, 9.17) is 11.6 Å². The number of nitrogens with zero attached hydrogens (tertiary/aromatic N) is 1. The van der Waals surface area contributed by atoms with Gasteiger partial charge in [0.15, 0.2) is 0 Å². The number of benzene rings is 1. The van der Waals surface area contributed by atoms with E-state index in [2.05, 4.69) is 9.03 Å². The smallest absolute Gasteiger partial charge is 0.150 e. The Balaban J connectivity index is 2.02. The first-order valence-corrected chi connectivity index (χ1v) is 6.45. The second-order valence-electron chi connectivity index (χ2n) is 3.91. The molecule has 1 N–H and O–H groups in total. The van der Waals surface area contributed by atoms with Gasteiger partial charge in [-0.2, -0.15) is 0 Å². The van der Waals surface area contributed by atoms with Gasteiger partial charge in [-0.05, 0) is 37.5 Å². The number of rotatable bonds is 3. The lowest BCUT2D eigenvalue weighted by molar-refractivity contribution is 0.588. The summed E-state index contributed by atoms with van der Waals surface area (Å²) in [6, 6.07) is 3.25. The van der Waals surface area contributed by atoms with Crippen LogP contribution in [0.5, 0.6) is 0 Å². The molecule has 1 aliphatic rings. The first-order chi connectivity index (χ1) is 7.66. The third kappa shape index (κ3) is 2.81. The maximum atomic E-state index is 13.7. The van der Waals surface area contributed by atoms with E-state index in [0.717, 1.165) is 13.1 Å². The van der Waals surface area contributed by atoms with Gasteiger partial charge >= 0.3 is 0 Å². The van der Waals surface area contributed by atoms with Gasteiger partial charge in [0, 0.05) is 30.2 Å². The normalized spacial score (nSPS) is 16.7. The molecular weight excluding hydrogens is 247 g/mol. The quantitative estimate of drug-likeness (QED) is 0.831. The average Bonchev–Trinajstić information content (AvgIpc) is 2.74. The van der Waals surface area contributed by atoms with Crippen molar-refractivity contribution in [1.29, 1.82) is 0 Å². The van der Waals surface area contributed by atoms with Crippen LogP contribution in [-0.4, -0.2) is 17.4 Å². The highest BCUT2D eigenvalue weighted by molar-refractivity contribution is 7.98. The molecule has 2 nitrogen and oxygen atoms in total. The second kappa shape index (κ2) is 5.25. The van der Waals surface area contributed by atoms with Crippen molar-refractivity contribution in [3.8, 4) is 0 Å². The van der Waals surface area contributed by atoms with E-state index in [1.165, 1.54) is 25.0 Å². The molecule has 0 atom stereocenters. The maximum Gasteiger partial charge on any atom is 0.150 e. The number of nitrogens with one attached hydrogen (secondary N) is 1. The van der Waals surface area contributed by atoms with E-state index < -0.39 is 0 Å². The average molecular weight is 261 g/mol. The van der Waals surface area contributed by atoms with Crippen molar-refractivity contribution in [3.05, 3.63) is 28.5 Å². The van der Waals surface area contributed by atoms with Gasteiger partial charge in [0.1, 0.15) is 5.82 Å². The molecule has 88 valence electrons. The molecule has 0 bridgehead atoms. The van der Waals surface area contributed by atoms with Crippen LogP contribution in [0.1, 0.15) is 18.4 Å². The van der Waals surface area contributed by atoms with Gasteiger partial charge in [0.05, 0.1) is 5.69 Å². The van der Waals surface area contributed by atoms with Crippen LogP contribution in [0.15, 0.2) is 12.1 Å². The summed E-state index contributed by atoms with van der Waals surface area (Å²) >= 11 is 7.34. The molecule has 1 saturated heterocycles. The van der Waals surface area contributed by atoms with Crippen LogP contribution >= 0.6 is 23.7 Å². The molecule has 5 heteroatoms. The van der Waals surface area contributed by atoms with Crippen molar-refractivity contribution < 1.29 is 4.39 Å². The molecule has 1 aromatic carbocycles. The minimum Gasteiger partial charge on any atom is -0.314 e. The number of anilines is 1. The Labute approximate surface area is 104 Å². The van der Waals surface area contributed by atoms with Crippen LogP contribution < -0.4 is 4.72 Å². The topological polar surface area (TPSA) is 15.3 Å². The summed E-state index contributed by atoms with van der Waals surface area (Å²) < 4.78 is 18.9. The highest BCUT2D eigenvalue weighted by atomic mass is 35.5. The fourth-order valence-electron chi connectivity index (χ4n) is 1.69. The molecule has 0 amide bonds. The van der Waals surface area contributed by atoms with Crippen LogP contribution in [0, 0.1) is 12.7 Å². The first kappa shape index (κ1) is 12.0. The van der Waals surface area contributed by atoms with Crippen LogP contribution in [-0.2, 0) is 0 Å². The van der Waals surface area contributed by atoms with E-state index in [9.17, 15) is 4.39 Å². The highest BCUT2D eigenvalue weighted by Gasteiger charge is 2.13. The standard InChI is InChI=1S/C11H14ClFN2S/c1-8-6-9(12)7-10(11(8)13)14-16-15-4-2-3-5-15/h6-7,14H,2-5H2,1H3. The van der Waals surface area contributed by atoms with Gasteiger partial charge in [0.25, 0.3) is 0 Å². The molecule has 1 heterocycles. The largest absolute Gasteiger partial charge is 0.314 e.